The van der Waals surface area contributed by atoms with Crippen LogP contribution in [0.4, 0.5) is 0 Å². The molecular formula is C19H15Cl2N3O2. The summed E-state index contributed by atoms with van der Waals surface area (Å²) < 4.78 is 1.33. The normalized spacial score (nSPS) is 10.5. The molecule has 132 valence electrons. The van der Waals surface area contributed by atoms with Gasteiger partial charge in [0.25, 0.3) is 11.5 Å². The van der Waals surface area contributed by atoms with Gasteiger partial charge in [0, 0.05) is 33.8 Å². The van der Waals surface area contributed by atoms with Crippen molar-refractivity contribution in [1.82, 2.24) is 15.1 Å². The molecule has 3 rings (SSSR count). The first-order valence-electron chi connectivity index (χ1n) is 7.91. The Hall–Kier alpha value is -2.63. The van der Waals surface area contributed by atoms with Crippen LogP contribution in [-0.4, -0.2) is 22.2 Å². The fourth-order valence-corrected chi connectivity index (χ4v) is 2.96. The van der Waals surface area contributed by atoms with Crippen molar-refractivity contribution in [1.29, 1.82) is 0 Å². The van der Waals surface area contributed by atoms with Gasteiger partial charge in [0.05, 0.1) is 12.2 Å². The lowest BCUT2D eigenvalue weighted by atomic mass is 10.1. The molecule has 0 saturated carbocycles. The predicted octanol–water partition coefficient (Wildman–Crippen LogP) is 3.65. The monoisotopic (exact) mass is 387 g/mol. The van der Waals surface area contributed by atoms with E-state index in [1.54, 1.807) is 12.1 Å². The third-order valence-corrected chi connectivity index (χ3v) is 4.11. The summed E-state index contributed by atoms with van der Waals surface area (Å²) in [5, 5.41) is 7.85. The van der Waals surface area contributed by atoms with Crippen LogP contribution in [0.3, 0.4) is 0 Å². The van der Waals surface area contributed by atoms with Gasteiger partial charge in [0.2, 0.25) is 0 Å². The van der Waals surface area contributed by atoms with Crippen LogP contribution in [0, 0.1) is 0 Å². The number of benzene rings is 2. The van der Waals surface area contributed by atoms with Gasteiger partial charge in [-0.15, -0.1) is 0 Å². The largest absolute Gasteiger partial charge is 0.350 e. The first kappa shape index (κ1) is 18.2. The summed E-state index contributed by atoms with van der Waals surface area (Å²) in [7, 11) is 0. The molecule has 0 unspecified atom stereocenters. The number of nitrogens with zero attached hydrogens (tertiary/aromatic N) is 2. The Kier molecular flexibility index (Phi) is 5.71. The topological polar surface area (TPSA) is 64.0 Å². The van der Waals surface area contributed by atoms with Crippen LogP contribution in [-0.2, 0) is 6.54 Å². The second-order valence-corrected chi connectivity index (χ2v) is 6.43. The number of carbonyl (C=O) groups is 1. The van der Waals surface area contributed by atoms with Gasteiger partial charge in [0.15, 0.2) is 0 Å². The number of hydrogen-bond donors (Lipinski definition) is 1. The molecule has 1 N–H and O–H groups in total. The van der Waals surface area contributed by atoms with Crippen molar-refractivity contribution in [3.05, 3.63) is 86.6 Å². The summed E-state index contributed by atoms with van der Waals surface area (Å²) in [5.41, 5.74) is 1.74. The molecule has 0 atom stereocenters. The van der Waals surface area contributed by atoms with Gasteiger partial charge in [0.1, 0.15) is 0 Å². The van der Waals surface area contributed by atoms with Crippen molar-refractivity contribution < 1.29 is 4.79 Å². The second-order valence-electron chi connectivity index (χ2n) is 5.56. The fraction of sp³-hybridized carbons (Fsp3) is 0.105. The highest BCUT2D eigenvalue weighted by molar-refractivity contribution is 6.35. The smallest absolute Gasteiger partial charge is 0.266 e. The molecular weight excluding hydrogens is 373 g/mol. The number of aromatic nitrogens is 2. The Balaban J connectivity index is 1.68. The third kappa shape index (κ3) is 4.50. The van der Waals surface area contributed by atoms with Crippen LogP contribution in [0.2, 0.25) is 10.0 Å². The van der Waals surface area contributed by atoms with Crippen molar-refractivity contribution in [3.63, 3.8) is 0 Å². The van der Waals surface area contributed by atoms with Crippen LogP contribution >= 0.6 is 23.2 Å². The average Bonchev–Trinajstić information content (AvgIpc) is 2.63. The van der Waals surface area contributed by atoms with E-state index in [2.05, 4.69) is 10.4 Å². The molecule has 1 aromatic heterocycles. The van der Waals surface area contributed by atoms with Crippen LogP contribution in [0.1, 0.15) is 10.4 Å². The molecule has 3 aromatic rings. The number of rotatable bonds is 5. The van der Waals surface area contributed by atoms with Gasteiger partial charge in [-0.05, 0) is 24.3 Å². The molecule has 0 spiro atoms. The fourth-order valence-electron chi connectivity index (χ4n) is 2.43. The van der Waals surface area contributed by atoms with E-state index in [9.17, 15) is 9.59 Å². The molecule has 0 fully saturated rings. The standard InChI is InChI=1S/C19H15Cl2N3O2/c20-15-10-14(11-16(21)12-15)19(26)22-8-9-24-18(25)7-6-17(23-24)13-4-2-1-3-5-13/h1-7,10-12H,8-9H2,(H,22,26). The lowest BCUT2D eigenvalue weighted by molar-refractivity contribution is 0.0951. The summed E-state index contributed by atoms with van der Waals surface area (Å²) in [5.74, 6) is -0.318. The summed E-state index contributed by atoms with van der Waals surface area (Å²) in [6.45, 7) is 0.494. The summed E-state index contributed by atoms with van der Waals surface area (Å²) in [6.07, 6.45) is 0. The van der Waals surface area contributed by atoms with E-state index in [0.717, 1.165) is 5.56 Å². The SMILES string of the molecule is O=C(NCCn1nc(-c2ccccc2)ccc1=O)c1cc(Cl)cc(Cl)c1. The minimum Gasteiger partial charge on any atom is -0.350 e. The zero-order chi connectivity index (χ0) is 18.5. The molecule has 2 aromatic carbocycles. The maximum atomic E-state index is 12.2. The molecule has 7 heteroatoms. The van der Waals surface area contributed by atoms with E-state index >= 15 is 0 Å². The van der Waals surface area contributed by atoms with Crippen LogP contribution in [0.15, 0.2) is 65.5 Å². The van der Waals surface area contributed by atoms with Gasteiger partial charge < -0.3 is 5.32 Å². The molecule has 0 aliphatic carbocycles. The molecule has 0 aliphatic rings. The number of nitrogens with one attached hydrogen (secondary N) is 1. The van der Waals surface area contributed by atoms with Crippen molar-refractivity contribution in [2.75, 3.05) is 6.54 Å². The van der Waals surface area contributed by atoms with Crippen molar-refractivity contribution in [2.24, 2.45) is 0 Å². The predicted molar refractivity (Wildman–Crippen MR) is 103 cm³/mol. The van der Waals surface area contributed by atoms with E-state index in [4.69, 9.17) is 23.2 Å². The maximum absolute atomic E-state index is 12.2. The van der Waals surface area contributed by atoms with Gasteiger partial charge in [-0.25, -0.2) is 4.68 Å². The summed E-state index contributed by atoms with van der Waals surface area (Å²) >= 11 is 11.8. The zero-order valence-corrected chi connectivity index (χ0v) is 15.2. The van der Waals surface area contributed by atoms with Crippen molar-refractivity contribution >= 4 is 29.1 Å². The minimum absolute atomic E-state index is 0.232. The van der Waals surface area contributed by atoms with E-state index < -0.39 is 0 Å². The highest BCUT2D eigenvalue weighted by Crippen LogP contribution is 2.19. The molecule has 0 radical (unpaired) electrons. The highest BCUT2D eigenvalue weighted by Gasteiger charge is 2.08. The third-order valence-electron chi connectivity index (χ3n) is 3.67. The lowest BCUT2D eigenvalue weighted by Crippen LogP contribution is -2.32. The van der Waals surface area contributed by atoms with Gasteiger partial charge in [-0.3, -0.25) is 9.59 Å². The van der Waals surface area contributed by atoms with E-state index in [1.807, 2.05) is 30.3 Å². The number of carbonyl (C=O) groups excluding carboxylic acids is 1. The summed E-state index contributed by atoms with van der Waals surface area (Å²) in [4.78, 5) is 24.2. The van der Waals surface area contributed by atoms with Crippen LogP contribution in [0.25, 0.3) is 11.3 Å². The zero-order valence-electron chi connectivity index (χ0n) is 13.7. The lowest BCUT2D eigenvalue weighted by Gasteiger charge is -2.09. The highest BCUT2D eigenvalue weighted by atomic mass is 35.5. The maximum Gasteiger partial charge on any atom is 0.266 e. The van der Waals surface area contributed by atoms with E-state index in [0.29, 0.717) is 21.3 Å². The van der Waals surface area contributed by atoms with Gasteiger partial charge >= 0.3 is 0 Å². The van der Waals surface area contributed by atoms with Crippen molar-refractivity contribution in [2.45, 2.75) is 6.54 Å². The average molecular weight is 388 g/mol. The molecule has 1 heterocycles. The Morgan fingerprint density at radius 2 is 1.69 bits per heavy atom. The quantitative estimate of drug-likeness (QED) is 0.726. The molecule has 1 amide bonds. The molecule has 0 aliphatic heterocycles. The Morgan fingerprint density at radius 3 is 2.38 bits per heavy atom. The van der Waals surface area contributed by atoms with E-state index in [-0.39, 0.29) is 24.6 Å². The van der Waals surface area contributed by atoms with Gasteiger partial charge in [-0.1, -0.05) is 53.5 Å². The van der Waals surface area contributed by atoms with Crippen LogP contribution < -0.4 is 10.9 Å². The Bertz CT molecular complexity index is 967. The molecule has 26 heavy (non-hydrogen) atoms. The minimum atomic E-state index is -0.318. The van der Waals surface area contributed by atoms with E-state index in [1.165, 1.54) is 22.9 Å². The number of halogens is 2. The van der Waals surface area contributed by atoms with Gasteiger partial charge in [-0.2, -0.15) is 5.10 Å². The number of hydrogen-bond acceptors (Lipinski definition) is 3. The summed E-state index contributed by atoms with van der Waals surface area (Å²) in [6, 6.07) is 17.3. The second kappa shape index (κ2) is 8.17. The van der Waals surface area contributed by atoms with Crippen LogP contribution in [0.5, 0.6) is 0 Å². The first-order chi connectivity index (χ1) is 12.5. The number of amides is 1. The molecule has 0 saturated heterocycles. The Morgan fingerprint density at radius 1 is 1.00 bits per heavy atom. The molecule has 5 nitrogen and oxygen atoms in total. The first-order valence-corrected chi connectivity index (χ1v) is 8.66. The van der Waals surface area contributed by atoms with Crippen molar-refractivity contribution in [3.8, 4) is 11.3 Å². The Labute approximate surface area is 160 Å². The molecule has 0 bridgehead atoms.